The van der Waals surface area contributed by atoms with Gasteiger partial charge < -0.3 is 10.6 Å². The molecule has 1 aromatic carbocycles. The van der Waals surface area contributed by atoms with Gasteiger partial charge in [0.15, 0.2) is 0 Å². The Labute approximate surface area is 160 Å². The van der Waals surface area contributed by atoms with E-state index in [1.165, 1.54) is 6.07 Å². The predicted octanol–water partition coefficient (Wildman–Crippen LogP) is 1.12. The van der Waals surface area contributed by atoms with Gasteiger partial charge in [0.1, 0.15) is 11.9 Å². The maximum atomic E-state index is 12.8. The van der Waals surface area contributed by atoms with Gasteiger partial charge in [0.2, 0.25) is 5.91 Å². The van der Waals surface area contributed by atoms with Crippen LogP contribution in [0.4, 0.5) is 0 Å². The zero-order chi connectivity index (χ0) is 18.2. The van der Waals surface area contributed by atoms with E-state index in [9.17, 15) is 13.2 Å². The number of benzene rings is 1. The molecule has 1 fully saturated rings. The van der Waals surface area contributed by atoms with Crippen molar-refractivity contribution in [2.24, 2.45) is 16.6 Å². The number of aliphatic imine (C=N–C) groups is 1. The number of carbonyl (C=O) groups excluding carboxylic acids is 1. The molecule has 0 radical (unpaired) electrons. The molecule has 2 aliphatic heterocycles. The Morgan fingerprint density at radius 1 is 1.42 bits per heavy atom. The predicted molar refractivity (Wildman–Crippen MR) is 103 cm³/mol. The summed E-state index contributed by atoms with van der Waals surface area (Å²) in [5, 5.41) is 0. The highest BCUT2D eigenvalue weighted by molar-refractivity contribution is 7.90. The topological polar surface area (TPSA) is 105 Å². The summed E-state index contributed by atoms with van der Waals surface area (Å²) in [7, 11) is -3.60. The molecule has 1 amide bonds. The van der Waals surface area contributed by atoms with Gasteiger partial charge in [0, 0.05) is 24.7 Å². The summed E-state index contributed by atoms with van der Waals surface area (Å²) >= 11 is 0. The van der Waals surface area contributed by atoms with Gasteiger partial charge in [-0.1, -0.05) is 19.1 Å². The van der Waals surface area contributed by atoms with Crippen molar-refractivity contribution in [1.82, 2.24) is 9.62 Å². The van der Waals surface area contributed by atoms with E-state index in [1.54, 1.807) is 30.0 Å². The van der Waals surface area contributed by atoms with Gasteiger partial charge in [-0.25, -0.2) is 8.42 Å². The van der Waals surface area contributed by atoms with Crippen molar-refractivity contribution in [1.29, 1.82) is 0 Å². The molecule has 0 bridgehead atoms. The summed E-state index contributed by atoms with van der Waals surface area (Å²) in [4.78, 5) is 19.2. The lowest BCUT2D eigenvalue weighted by molar-refractivity contribution is -0.136. The van der Waals surface area contributed by atoms with Crippen molar-refractivity contribution in [2.45, 2.75) is 43.7 Å². The van der Waals surface area contributed by atoms with Crippen LogP contribution in [0.25, 0.3) is 0 Å². The summed E-state index contributed by atoms with van der Waals surface area (Å²) < 4.78 is 26.7. The quantitative estimate of drug-likeness (QED) is 0.793. The van der Waals surface area contributed by atoms with Gasteiger partial charge in [-0.3, -0.25) is 14.5 Å². The lowest BCUT2D eigenvalue weighted by Gasteiger charge is -2.38. The summed E-state index contributed by atoms with van der Waals surface area (Å²) in [6.45, 7) is 4.95. The van der Waals surface area contributed by atoms with Gasteiger partial charge in [0.05, 0.1) is 4.90 Å². The summed E-state index contributed by atoms with van der Waals surface area (Å²) in [6, 6.07) is 5.98. The van der Waals surface area contributed by atoms with Crippen molar-refractivity contribution in [2.75, 3.05) is 13.1 Å². The van der Waals surface area contributed by atoms with Crippen molar-refractivity contribution >= 4 is 34.2 Å². The Bertz CT molecular complexity index is 812. The Balaban J connectivity index is 0.00000243. The van der Waals surface area contributed by atoms with Crippen LogP contribution in [0.5, 0.6) is 0 Å². The van der Waals surface area contributed by atoms with E-state index in [0.717, 1.165) is 12.8 Å². The molecule has 144 valence electrons. The highest BCUT2D eigenvalue weighted by Gasteiger charge is 2.34. The first-order chi connectivity index (χ1) is 11.8. The fraction of sp³-hybridized carbons (Fsp3) is 0.529. The molecule has 0 aromatic heterocycles. The largest absolute Gasteiger partial charge is 0.337 e. The van der Waals surface area contributed by atoms with E-state index in [4.69, 9.17) is 5.73 Å². The van der Waals surface area contributed by atoms with Gasteiger partial charge >= 0.3 is 0 Å². The molecule has 3 rings (SSSR count). The number of rotatable bonds is 3. The lowest BCUT2D eigenvalue weighted by atomic mass is 9.92. The van der Waals surface area contributed by atoms with Crippen LogP contribution >= 0.6 is 12.4 Å². The molecule has 2 aliphatic rings. The average Bonchev–Trinajstić information content (AvgIpc) is 2.85. The summed E-state index contributed by atoms with van der Waals surface area (Å²) in [6.07, 6.45) is 1.84. The van der Waals surface area contributed by atoms with Crippen LogP contribution < -0.4 is 10.5 Å². The number of nitrogens with one attached hydrogen (secondary N) is 1. The second kappa shape index (κ2) is 7.94. The van der Waals surface area contributed by atoms with Crippen LogP contribution in [0.15, 0.2) is 34.2 Å². The molecule has 0 spiro atoms. The summed E-state index contributed by atoms with van der Waals surface area (Å²) in [5.74, 6) is 0.664. The van der Waals surface area contributed by atoms with E-state index in [1.807, 2.05) is 0 Å². The zero-order valence-electron chi connectivity index (χ0n) is 14.9. The van der Waals surface area contributed by atoms with Crippen molar-refractivity contribution in [3.63, 3.8) is 0 Å². The minimum atomic E-state index is -3.60. The number of fused-ring (bicyclic) bond motifs is 1. The molecule has 2 heterocycles. The second-order valence-corrected chi connectivity index (χ2v) is 8.46. The van der Waals surface area contributed by atoms with Crippen LogP contribution in [0.2, 0.25) is 0 Å². The summed E-state index contributed by atoms with van der Waals surface area (Å²) in [5.41, 5.74) is 6.34. The van der Waals surface area contributed by atoms with Gasteiger partial charge in [0.25, 0.3) is 10.0 Å². The highest BCUT2D eigenvalue weighted by Crippen LogP contribution is 2.25. The standard InChI is InChI=1S/C17H24N4O3S.ClH/c1-11-7-8-21(13(9-11)10-18)17(22)12(2)19-16-14-5-3-4-6-15(14)25(23,24)20-16;/h3-6,11-13H,7-10,18H2,1-2H3,(H,19,20);1H. The molecule has 9 heteroatoms. The van der Waals surface area contributed by atoms with Crippen LogP contribution in [0.1, 0.15) is 32.3 Å². The number of halogens is 1. The fourth-order valence-corrected chi connectivity index (χ4v) is 4.72. The third-order valence-electron chi connectivity index (χ3n) is 4.88. The number of likely N-dealkylation sites (tertiary alicyclic amines) is 1. The van der Waals surface area contributed by atoms with Crippen molar-refractivity contribution < 1.29 is 13.2 Å². The van der Waals surface area contributed by atoms with Crippen LogP contribution in [-0.4, -0.2) is 50.2 Å². The number of hydrogen-bond donors (Lipinski definition) is 2. The third-order valence-corrected chi connectivity index (χ3v) is 6.27. The van der Waals surface area contributed by atoms with Crippen LogP contribution in [0.3, 0.4) is 0 Å². The first-order valence-electron chi connectivity index (χ1n) is 8.54. The van der Waals surface area contributed by atoms with Gasteiger partial charge in [-0.2, -0.15) is 0 Å². The van der Waals surface area contributed by atoms with Gasteiger partial charge in [-0.05, 0) is 37.8 Å². The van der Waals surface area contributed by atoms with E-state index in [0.29, 0.717) is 24.6 Å². The molecule has 0 saturated carbocycles. The number of nitrogens with two attached hydrogens (primary N) is 1. The molecule has 3 N–H and O–H groups in total. The molecule has 3 unspecified atom stereocenters. The van der Waals surface area contributed by atoms with Crippen molar-refractivity contribution in [3.05, 3.63) is 29.8 Å². The SMILES string of the molecule is CC1CCN(C(=O)C(C)N=C2NS(=O)(=O)c3ccccc32)C(CN)C1.Cl. The van der Waals surface area contributed by atoms with Crippen LogP contribution in [-0.2, 0) is 14.8 Å². The average molecular weight is 401 g/mol. The molecular weight excluding hydrogens is 376 g/mol. The molecule has 7 nitrogen and oxygen atoms in total. The van der Waals surface area contributed by atoms with Crippen LogP contribution in [0, 0.1) is 5.92 Å². The number of amides is 1. The van der Waals surface area contributed by atoms with Crippen molar-refractivity contribution in [3.8, 4) is 0 Å². The molecule has 1 aromatic rings. The number of amidine groups is 1. The third kappa shape index (κ3) is 3.87. The van der Waals surface area contributed by atoms with E-state index in [-0.39, 0.29) is 35.1 Å². The molecule has 26 heavy (non-hydrogen) atoms. The van der Waals surface area contributed by atoms with Gasteiger partial charge in [-0.15, -0.1) is 12.4 Å². The lowest BCUT2D eigenvalue weighted by Crippen LogP contribution is -2.51. The van der Waals surface area contributed by atoms with E-state index >= 15 is 0 Å². The Morgan fingerprint density at radius 2 is 2.12 bits per heavy atom. The van der Waals surface area contributed by atoms with E-state index < -0.39 is 16.1 Å². The maximum absolute atomic E-state index is 12.8. The first kappa shape index (κ1) is 20.7. The Morgan fingerprint density at radius 3 is 2.81 bits per heavy atom. The minimum absolute atomic E-state index is 0. The molecular formula is C17H25ClN4O3S. The zero-order valence-corrected chi connectivity index (χ0v) is 16.5. The Hall–Kier alpha value is -1.64. The number of sulfonamides is 1. The maximum Gasteiger partial charge on any atom is 0.263 e. The number of nitrogens with zero attached hydrogens (tertiary/aromatic N) is 2. The minimum Gasteiger partial charge on any atom is -0.337 e. The molecule has 3 atom stereocenters. The normalized spacial score (nSPS) is 26.6. The second-order valence-electron chi connectivity index (χ2n) is 6.81. The van der Waals surface area contributed by atoms with E-state index in [2.05, 4.69) is 16.6 Å². The number of carbonyl (C=O) groups is 1. The number of piperidine rings is 1. The molecule has 0 aliphatic carbocycles. The Kier molecular flexibility index (Phi) is 6.31. The fourth-order valence-electron chi connectivity index (χ4n) is 3.48. The first-order valence-corrected chi connectivity index (χ1v) is 10.0. The monoisotopic (exact) mass is 400 g/mol. The molecule has 1 saturated heterocycles. The smallest absolute Gasteiger partial charge is 0.263 e. The highest BCUT2D eigenvalue weighted by atomic mass is 35.5. The number of hydrogen-bond acceptors (Lipinski definition) is 5.